The molecule has 0 aliphatic heterocycles. The van der Waals surface area contributed by atoms with Gasteiger partial charge in [-0.2, -0.15) is 13.3 Å². The Kier molecular flexibility index (Phi) is 17.4. The largest absolute Gasteiger partial charge is 0.332 e. The van der Waals surface area contributed by atoms with E-state index in [1.165, 1.54) is 32.1 Å². The molecule has 0 aliphatic carbocycles. The van der Waals surface area contributed by atoms with E-state index in [1.54, 1.807) is 0 Å². The molecule has 0 saturated heterocycles. The van der Waals surface area contributed by atoms with Gasteiger partial charge in [-0.05, 0) is 0 Å². The SMILES string of the molecule is C[CH-]CCCCCC.[Nd]. The predicted molar refractivity (Wildman–Crippen MR) is 38.7 cm³/mol. The van der Waals surface area contributed by atoms with Crippen molar-refractivity contribution in [3.05, 3.63) is 6.42 Å². The molecule has 0 aromatic rings. The van der Waals surface area contributed by atoms with Gasteiger partial charge in [-0.3, -0.25) is 0 Å². The molecule has 0 aromatic heterocycles. The van der Waals surface area contributed by atoms with Gasteiger partial charge in [0.25, 0.3) is 0 Å². The molecule has 1 heteroatoms. The summed E-state index contributed by atoms with van der Waals surface area (Å²) in [6, 6.07) is 0. The normalized spacial score (nSPS) is 8.67. The van der Waals surface area contributed by atoms with Crippen LogP contribution in [0.5, 0.6) is 0 Å². The molecule has 0 aliphatic rings. The summed E-state index contributed by atoms with van der Waals surface area (Å²) in [5.74, 6) is 0. The second kappa shape index (κ2) is 12.1. The van der Waals surface area contributed by atoms with Crippen LogP contribution < -0.4 is 0 Å². The molecule has 0 nitrogen and oxygen atoms in total. The Labute approximate surface area is 92.3 Å². The summed E-state index contributed by atoms with van der Waals surface area (Å²) in [5, 5.41) is 0. The fourth-order valence-electron chi connectivity index (χ4n) is 0.775. The van der Waals surface area contributed by atoms with E-state index < -0.39 is 0 Å². The first kappa shape index (κ1) is 13.0. The summed E-state index contributed by atoms with van der Waals surface area (Å²) in [5.41, 5.74) is 0. The smallest absolute Gasteiger partial charge is 0 e. The molecule has 0 aromatic carbocycles. The average Bonchev–Trinajstić information content (AvgIpc) is 1.81. The molecule has 0 radical (unpaired) electrons. The maximum atomic E-state index is 2.25. The van der Waals surface area contributed by atoms with E-state index in [0.717, 1.165) is 0 Å². The van der Waals surface area contributed by atoms with Crippen molar-refractivity contribution < 1.29 is 40.8 Å². The van der Waals surface area contributed by atoms with Gasteiger partial charge in [0.15, 0.2) is 0 Å². The van der Waals surface area contributed by atoms with Crippen molar-refractivity contribution in [1.82, 2.24) is 0 Å². The van der Waals surface area contributed by atoms with Gasteiger partial charge >= 0.3 is 0 Å². The van der Waals surface area contributed by atoms with Crippen molar-refractivity contribution in [2.45, 2.75) is 46.0 Å². The van der Waals surface area contributed by atoms with E-state index in [0.29, 0.717) is 0 Å². The fraction of sp³-hybridized carbons (Fsp3) is 0.875. The first-order valence-corrected chi connectivity index (χ1v) is 3.69. The Morgan fingerprint density at radius 3 is 2.22 bits per heavy atom. The van der Waals surface area contributed by atoms with E-state index in [-0.39, 0.29) is 40.8 Å². The Balaban J connectivity index is 0. The third kappa shape index (κ3) is 12.5. The molecule has 0 heterocycles. The Morgan fingerprint density at radius 2 is 1.78 bits per heavy atom. The summed E-state index contributed by atoms with van der Waals surface area (Å²) < 4.78 is 0. The van der Waals surface area contributed by atoms with Crippen molar-refractivity contribution in [1.29, 1.82) is 0 Å². The van der Waals surface area contributed by atoms with E-state index in [1.807, 2.05) is 0 Å². The van der Waals surface area contributed by atoms with Crippen LogP contribution in [-0.4, -0.2) is 0 Å². The minimum atomic E-state index is 0. The molecule has 0 spiro atoms. The minimum Gasteiger partial charge on any atom is -0.332 e. The zero-order chi connectivity index (χ0) is 6.24. The van der Waals surface area contributed by atoms with Gasteiger partial charge < -0.3 is 6.42 Å². The van der Waals surface area contributed by atoms with Gasteiger partial charge in [0.2, 0.25) is 0 Å². The Bertz CT molecular complexity index is 29.5. The molecule has 9 heavy (non-hydrogen) atoms. The van der Waals surface area contributed by atoms with Gasteiger partial charge in [-0.1, -0.05) is 32.6 Å². The first-order valence-electron chi connectivity index (χ1n) is 3.69. The van der Waals surface area contributed by atoms with Crippen molar-refractivity contribution >= 4 is 0 Å². The van der Waals surface area contributed by atoms with E-state index in [2.05, 4.69) is 20.3 Å². The zero-order valence-corrected chi connectivity index (χ0v) is 9.82. The van der Waals surface area contributed by atoms with Crippen LogP contribution in [0.2, 0.25) is 0 Å². The molecule has 0 saturated carbocycles. The van der Waals surface area contributed by atoms with Gasteiger partial charge in [0, 0.05) is 40.8 Å². The van der Waals surface area contributed by atoms with E-state index >= 15 is 0 Å². The molecule has 0 fully saturated rings. The summed E-state index contributed by atoms with van der Waals surface area (Å²) in [6.45, 7) is 4.38. The van der Waals surface area contributed by atoms with Gasteiger partial charge in [-0.15, -0.1) is 0 Å². The summed E-state index contributed by atoms with van der Waals surface area (Å²) >= 11 is 0. The Hall–Kier alpha value is 1.35. The van der Waals surface area contributed by atoms with E-state index in [9.17, 15) is 0 Å². The molecule has 0 rings (SSSR count). The van der Waals surface area contributed by atoms with Crippen molar-refractivity contribution in [2.75, 3.05) is 0 Å². The van der Waals surface area contributed by atoms with Gasteiger partial charge in [-0.25, -0.2) is 0 Å². The van der Waals surface area contributed by atoms with Crippen LogP contribution in [0.1, 0.15) is 46.0 Å². The topological polar surface area (TPSA) is 0 Å². The molecule has 0 unspecified atom stereocenters. The molecular weight excluding hydrogens is 240 g/mol. The number of unbranched alkanes of at least 4 members (excludes halogenated alkanes) is 5. The van der Waals surface area contributed by atoms with Crippen LogP contribution in [0.3, 0.4) is 0 Å². The molecular formula is C8H17Nd-. The van der Waals surface area contributed by atoms with Crippen LogP contribution in [0.25, 0.3) is 0 Å². The summed E-state index contributed by atoms with van der Waals surface area (Å²) in [7, 11) is 0. The van der Waals surface area contributed by atoms with Crippen LogP contribution in [0.4, 0.5) is 0 Å². The maximum absolute atomic E-state index is 2.25. The zero-order valence-electron chi connectivity index (χ0n) is 6.61. The second-order valence-corrected chi connectivity index (χ2v) is 2.26. The van der Waals surface area contributed by atoms with Gasteiger partial charge in [0.1, 0.15) is 0 Å². The molecule has 0 amide bonds. The second-order valence-electron chi connectivity index (χ2n) is 2.26. The summed E-state index contributed by atoms with van der Waals surface area (Å²) in [4.78, 5) is 0. The number of rotatable bonds is 5. The van der Waals surface area contributed by atoms with E-state index in [4.69, 9.17) is 0 Å². The van der Waals surface area contributed by atoms with Crippen LogP contribution in [0.15, 0.2) is 0 Å². The standard InChI is InChI=1S/C8H17.Nd/c1-3-5-7-8-6-4-2;/h3H,4-8H2,1-2H3;/q-1;. The average molecular weight is 257 g/mol. The third-order valence-corrected chi connectivity index (χ3v) is 1.35. The number of hydrogen-bond acceptors (Lipinski definition) is 0. The molecule has 0 N–H and O–H groups in total. The Morgan fingerprint density at radius 1 is 1.11 bits per heavy atom. The molecule has 0 atom stereocenters. The quantitative estimate of drug-likeness (QED) is 0.524. The monoisotopic (exact) mass is 255 g/mol. The van der Waals surface area contributed by atoms with Crippen molar-refractivity contribution in [3.63, 3.8) is 0 Å². The van der Waals surface area contributed by atoms with Crippen LogP contribution >= 0.6 is 0 Å². The molecule has 0 bridgehead atoms. The number of hydrogen-bond donors (Lipinski definition) is 0. The minimum absolute atomic E-state index is 0. The fourth-order valence-corrected chi connectivity index (χ4v) is 0.775. The molecule has 54 valence electrons. The third-order valence-electron chi connectivity index (χ3n) is 1.35. The maximum Gasteiger partial charge on any atom is 0 e. The van der Waals surface area contributed by atoms with Crippen molar-refractivity contribution in [2.24, 2.45) is 0 Å². The van der Waals surface area contributed by atoms with Crippen molar-refractivity contribution in [3.8, 4) is 0 Å². The first-order chi connectivity index (χ1) is 3.91. The summed E-state index contributed by atoms with van der Waals surface area (Å²) in [6.07, 6.45) is 9.12. The van der Waals surface area contributed by atoms with Crippen LogP contribution in [0, 0.1) is 47.3 Å². The predicted octanol–water partition coefficient (Wildman–Crippen LogP) is 3.18. The van der Waals surface area contributed by atoms with Crippen LogP contribution in [-0.2, 0) is 0 Å². The van der Waals surface area contributed by atoms with Gasteiger partial charge in [0.05, 0.1) is 0 Å².